The van der Waals surface area contributed by atoms with Crippen LogP contribution in [0.25, 0.3) is 10.9 Å². The van der Waals surface area contributed by atoms with E-state index in [1.165, 1.54) is 5.56 Å². The van der Waals surface area contributed by atoms with E-state index >= 15 is 0 Å². The Bertz CT molecular complexity index is 582. The second-order valence-electron chi connectivity index (χ2n) is 4.62. The molecule has 0 bridgehead atoms. The monoisotopic (exact) mass is 241 g/mol. The lowest BCUT2D eigenvalue weighted by Gasteiger charge is -2.10. The number of amides is 1. The van der Waals surface area contributed by atoms with Crippen LogP contribution in [0.2, 0.25) is 0 Å². The van der Waals surface area contributed by atoms with Gasteiger partial charge in [-0.3, -0.25) is 9.78 Å². The van der Waals surface area contributed by atoms with Crippen LogP contribution in [-0.2, 0) is 11.3 Å². The fourth-order valence-corrected chi connectivity index (χ4v) is 2.25. The highest BCUT2D eigenvalue weighted by Gasteiger charge is 2.20. The third-order valence-corrected chi connectivity index (χ3v) is 3.24. The van der Waals surface area contributed by atoms with Crippen LogP contribution >= 0.6 is 0 Å². The number of rotatable bonds is 3. The lowest BCUT2D eigenvalue weighted by molar-refractivity contribution is -0.119. The summed E-state index contributed by atoms with van der Waals surface area (Å²) < 4.78 is 0. The summed E-state index contributed by atoms with van der Waals surface area (Å²) in [7, 11) is 0. The number of fused-ring (bicyclic) bond motifs is 1. The van der Waals surface area contributed by atoms with Crippen LogP contribution in [0.1, 0.15) is 12.0 Å². The highest BCUT2D eigenvalue weighted by atomic mass is 16.1. The summed E-state index contributed by atoms with van der Waals surface area (Å²) >= 11 is 0. The molecule has 4 heteroatoms. The minimum absolute atomic E-state index is 0.134. The fourth-order valence-electron chi connectivity index (χ4n) is 2.25. The molecule has 2 heterocycles. The number of pyridine rings is 1. The summed E-state index contributed by atoms with van der Waals surface area (Å²) in [6, 6.07) is 10.5. The van der Waals surface area contributed by atoms with Crippen molar-refractivity contribution in [3.63, 3.8) is 0 Å². The number of benzene rings is 1. The molecular weight excluding hydrogens is 226 g/mol. The number of nitrogens with one attached hydrogen (secondary N) is 2. The first kappa shape index (κ1) is 11.2. The summed E-state index contributed by atoms with van der Waals surface area (Å²) in [5.41, 5.74) is 2.23. The van der Waals surface area contributed by atoms with Gasteiger partial charge in [0.05, 0.1) is 5.52 Å². The Morgan fingerprint density at radius 1 is 1.39 bits per heavy atom. The Hall–Kier alpha value is -1.94. The van der Waals surface area contributed by atoms with Crippen molar-refractivity contribution in [1.82, 2.24) is 15.6 Å². The van der Waals surface area contributed by atoms with E-state index in [4.69, 9.17) is 0 Å². The Morgan fingerprint density at radius 3 is 3.17 bits per heavy atom. The highest BCUT2D eigenvalue weighted by Crippen LogP contribution is 2.13. The van der Waals surface area contributed by atoms with Crippen molar-refractivity contribution in [3.05, 3.63) is 42.1 Å². The van der Waals surface area contributed by atoms with Gasteiger partial charge in [-0.2, -0.15) is 0 Å². The molecule has 92 valence electrons. The van der Waals surface area contributed by atoms with Gasteiger partial charge in [-0.1, -0.05) is 12.1 Å². The molecule has 2 aromatic rings. The summed E-state index contributed by atoms with van der Waals surface area (Å²) in [6.45, 7) is 1.51. The van der Waals surface area contributed by atoms with Crippen molar-refractivity contribution in [2.75, 3.05) is 6.54 Å². The zero-order valence-electron chi connectivity index (χ0n) is 10.0. The number of hydrogen-bond donors (Lipinski definition) is 2. The predicted molar refractivity (Wildman–Crippen MR) is 70.0 cm³/mol. The molecule has 18 heavy (non-hydrogen) atoms. The van der Waals surface area contributed by atoms with Crippen LogP contribution in [0, 0.1) is 0 Å². The lowest BCUT2D eigenvalue weighted by Crippen LogP contribution is -2.30. The van der Waals surface area contributed by atoms with Gasteiger partial charge in [-0.05, 0) is 23.8 Å². The molecule has 1 saturated heterocycles. The van der Waals surface area contributed by atoms with Gasteiger partial charge in [0, 0.05) is 37.1 Å². The number of hydrogen-bond acceptors (Lipinski definition) is 3. The molecule has 1 atom stereocenters. The average molecular weight is 241 g/mol. The molecule has 1 fully saturated rings. The predicted octanol–water partition coefficient (Wildman–Crippen LogP) is 1.21. The molecule has 0 spiro atoms. The van der Waals surface area contributed by atoms with Crippen LogP contribution in [0.3, 0.4) is 0 Å². The zero-order valence-corrected chi connectivity index (χ0v) is 10.0. The second kappa shape index (κ2) is 4.74. The normalized spacial score (nSPS) is 19.1. The number of nitrogens with zero attached hydrogens (tertiary/aromatic N) is 1. The lowest BCUT2D eigenvalue weighted by atomic mass is 10.1. The van der Waals surface area contributed by atoms with Crippen LogP contribution in [0.5, 0.6) is 0 Å². The van der Waals surface area contributed by atoms with E-state index in [0.29, 0.717) is 6.42 Å². The maximum Gasteiger partial charge on any atom is 0.221 e. The van der Waals surface area contributed by atoms with Gasteiger partial charge >= 0.3 is 0 Å². The van der Waals surface area contributed by atoms with Gasteiger partial charge in [-0.15, -0.1) is 0 Å². The Labute approximate surface area is 105 Å². The Balaban J connectivity index is 1.69. The molecule has 3 rings (SSSR count). The summed E-state index contributed by atoms with van der Waals surface area (Å²) in [4.78, 5) is 15.4. The Kier molecular flexibility index (Phi) is 2.94. The van der Waals surface area contributed by atoms with E-state index in [-0.39, 0.29) is 11.9 Å². The van der Waals surface area contributed by atoms with Gasteiger partial charge in [0.25, 0.3) is 0 Å². The molecule has 1 aliphatic rings. The second-order valence-corrected chi connectivity index (χ2v) is 4.62. The van der Waals surface area contributed by atoms with Crippen LogP contribution < -0.4 is 10.6 Å². The van der Waals surface area contributed by atoms with Crippen LogP contribution in [-0.4, -0.2) is 23.5 Å². The van der Waals surface area contributed by atoms with E-state index in [2.05, 4.69) is 33.8 Å². The first-order valence-electron chi connectivity index (χ1n) is 6.15. The topological polar surface area (TPSA) is 54.0 Å². The van der Waals surface area contributed by atoms with E-state index in [9.17, 15) is 4.79 Å². The number of carbonyl (C=O) groups excluding carboxylic acids is 1. The third kappa shape index (κ3) is 2.33. The van der Waals surface area contributed by atoms with Gasteiger partial charge in [-0.25, -0.2) is 0 Å². The van der Waals surface area contributed by atoms with Crippen molar-refractivity contribution in [2.24, 2.45) is 0 Å². The van der Waals surface area contributed by atoms with E-state index in [0.717, 1.165) is 24.0 Å². The number of carbonyl (C=O) groups is 1. The van der Waals surface area contributed by atoms with Crippen molar-refractivity contribution in [1.29, 1.82) is 0 Å². The minimum Gasteiger partial charge on any atom is -0.354 e. The fraction of sp³-hybridized carbons (Fsp3) is 0.286. The SMILES string of the molecule is O=C1CC(NCc2ccc3ncccc3c2)CN1. The van der Waals surface area contributed by atoms with Gasteiger partial charge in [0.15, 0.2) is 0 Å². The standard InChI is InChI=1S/C14H15N3O/c18-14-7-12(9-17-14)16-8-10-3-4-13-11(6-10)2-1-5-15-13/h1-6,12,16H,7-9H2,(H,17,18). The molecule has 1 aliphatic heterocycles. The smallest absolute Gasteiger partial charge is 0.221 e. The van der Waals surface area contributed by atoms with Crippen molar-refractivity contribution >= 4 is 16.8 Å². The van der Waals surface area contributed by atoms with Crippen molar-refractivity contribution in [3.8, 4) is 0 Å². The molecular formula is C14H15N3O. The molecule has 0 radical (unpaired) electrons. The molecule has 1 aromatic carbocycles. The zero-order chi connectivity index (χ0) is 12.4. The van der Waals surface area contributed by atoms with E-state index in [1.807, 2.05) is 12.1 Å². The Morgan fingerprint density at radius 2 is 2.33 bits per heavy atom. The van der Waals surface area contributed by atoms with Crippen molar-refractivity contribution < 1.29 is 4.79 Å². The van der Waals surface area contributed by atoms with E-state index < -0.39 is 0 Å². The summed E-state index contributed by atoms with van der Waals surface area (Å²) in [5.74, 6) is 0.134. The van der Waals surface area contributed by atoms with Crippen LogP contribution in [0.15, 0.2) is 36.5 Å². The first-order chi connectivity index (χ1) is 8.81. The average Bonchev–Trinajstić information content (AvgIpc) is 2.82. The maximum atomic E-state index is 11.1. The quantitative estimate of drug-likeness (QED) is 0.849. The highest BCUT2D eigenvalue weighted by molar-refractivity contribution is 5.79. The third-order valence-electron chi connectivity index (χ3n) is 3.24. The van der Waals surface area contributed by atoms with Crippen molar-refractivity contribution in [2.45, 2.75) is 19.0 Å². The first-order valence-corrected chi connectivity index (χ1v) is 6.15. The van der Waals surface area contributed by atoms with Crippen LogP contribution in [0.4, 0.5) is 0 Å². The molecule has 4 nitrogen and oxygen atoms in total. The summed E-state index contributed by atoms with van der Waals surface area (Å²) in [5, 5.41) is 7.36. The van der Waals surface area contributed by atoms with E-state index in [1.54, 1.807) is 6.20 Å². The molecule has 0 saturated carbocycles. The number of aromatic nitrogens is 1. The molecule has 1 amide bonds. The molecule has 2 N–H and O–H groups in total. The van der Waals surface area contributed by atoms with Gasteiger partial charge < -0.3 is 10.6 Å². The minimum atomic E-state index is 0.134. The maximum absolute atomic E-state index is 11.1. The van der Waals surface area contributed by atoms with Gasteiger partial charge in [0.1, 0.15) is 0 Å². The largest absolute Gasteiger partial charge is 0.354 e. The molecule has 1 unspecified atom stereocenters. The van der Waals surface area contributed by atoms with Gasteiger partial charge in [0.2, 0.25) is 5.91 Å². The molecule has 0 aliphatic carbocycles. The summed E-state index contributed by atoms with van der Waals surface area (Å²) in [6.07, 6.45) is 2.38. The molecule has 1 aromatic heterocycles.